The predicted octanol–water partition coefficient (Wildman–Crippen LogP) is 1.11. The molecule has 1 aromatic carbocycles. The minimum atomic E-state index is -1.01. The standard InChI is InChI=1S/C14H20N2O2/c15-14(13(17)18)7-10-16(11-8-14)9-6-12-4-2-1-3-5-12/h1-5H,6-11,15H2,(H,17,18). The van der Waals surface area contributed by atoms with Gasteiger partial charge in [0.15, 0.2) is 0 Å². The molecule has 98 valence electrons. The van der Waals surface area contributed by atoms with Crippen LogP contribution in [-0.4, -0.2) is 41.1 Å². The van der Waals surface area contributed by atoms with Gasteiger partial charge in [0.05, 0.1) is 0 Å². The van der Waals surface area contributed by atoms with E-state index in [1.165, 1.54) is 5.56 Å². The highest BCUT2D eigenvalue weighted by atomic mass is 16.4. The van der Waals surface area contributed by atoms with Crippen molar-refractivity contribution in [2.24, 2.45) is 5.73 Å². The first kappa shape index (κ1) is 13.1. The maximum absolute atomic E-state index is 11.0. The molecule has 1 aromatic rings. The number of rotatable bonds is 4. The van der Waals surface area contributed by atoms with E-state index in [0.717, 1.165) is 26.1 Å². The third-order valence-corrected chi connectivity index (χ3v) is 3.73. The molecular weight excluding hydrogens is 228 g/mol. The Kier molecular flexibility index (Phi) is 3.99. The largest absolute Gasteiger partial charge is 0.480 e. The van der Waals surface area contributed by atoms with E-state index in [9.17, 15) is 4.79 Å². The van der Waals surface area contributed by atoms with Crippen LogP contribution < -0.4 is 5.73 Å². The second-order valence-electron chi connectivity index (χ2n) is 5.04. The van der Waals surface area contributed by atoms with Crippen LogP contribution in [0.1, 0.15) is 18.4 Å². The predicted molar refractivity (Wildman–Crippen MR) is 70.4 cm³/mol. The molecule has 4 nitrogen and oxygen atoms in total. The maximum atomic E-state index is 11.0. The van der Waals surface area contributed by atoms with E-state index in [1.807, 2.05) is 18.2 Å². The third kappa shape index (κ3) is 3.09. The summed E-state index contributed by atoms with van der Waals surface area (Å²) in [5.74, 6) is -0.870. The molecule has 1 saturated heterocycles. The topological polar surface area (TPSA) is 66.6 Å². The van der Waals surface area contributed by atoms with Crippen molar-refractivity contribution < 1.29 is 9.90 Å². The van der Waals surface area contributed by atoms with E-state index in [1.54, 1.807) is 0 Å². The van der Waals surface area contributed by atoms with Crippen molar-refractivity contribution in [2.45, 2.75) is 24.8 Å². The van der Waals surface area contributed by atoms with Gasteiger partial charge in [0.2, 0.25) is 0 Å². The summed E-state index contributed by atoms with van der Waals surface area (Å²) < 4.78 is 0. The van der Waals surface area contributed by atoms with Gasteiger partial charge in [0.1, 0.15) is 5.54 Å². The van der Waals surface area contributed by atoms with Crippen LogP contribution in [0.5, 0.6) is 0 Å². The molecule has 3 N–H and O–H groups in total. The number of likely N-dealkylation sites (tertiary alicyclic amines) is 1. The zero-order chi connectivity index (χ0) is 13.0. The monoisotopic (exact) mass is 248 g/mol. The molecule has 0 aromatic heterocycles. The van der Waals surface area contributed by atoms with Gasteiger partial charge in [-0.05, 0) is 24.8 Å². The average Bonchev–Trinajstić information content (AvgIpc) is 2.39. The fourth-order valence-electron chi connectivity index (χ4n) is 2.32. The summed E-state index contributed by atoms with van der Waals surface area (Å²) in [6.45, 7) is 2.52. The van der Waals surface area contributed by atoms with Gasteiger partial charge in [-0.2, -0.15) is 0 Å². The molecule has 18 heavy (non-hydrogen) atoms. The molecule has 0 bridgehead atoms. The number of benzene rings is 1. The summed E-state index contributed by atoms with van der Waals surface area (Å²) in [6, 6.07) is 10.3. The van der Waals surface area contributed by atoms with E-state index in [4.69, 9.17) is 10.8 Å². The summed E-state index contributed by atoms with van der Waals surface area (Å²) in [5, 5.41) is 9.05. The number of nitrogens with zero attached hydrogens (tertiary/aromatic N) is 1. The smallest absolute Gasteiger partial charge is 0.323 e. The summed E-state index contributed by atoms with van der Waals surface area (Å²) >= 11 is 0. The van der Waals surface area contributed by atoms with Crippen molar-refractivity contribution in [1.82, 2.24) is 4.90 Å². The normalized spacial score (nSPS) is 19.6. The van der Waals surface area contributed by atoms with Crippen molar-refractivity contribution in [3.8, 4) is 0 Å². The third-order valence-electron chi connectivity index (χ3n) is 3.73. The highest BCUT2D eigenvalue weighted by Crippen LogP contribution is 2.20. The first-order chi connectivity index (χ1) is 8.60. The Morgan fingerprint density at radius 2 is 1.89 bits per heavy atom. The quantitative estimate of drug-likeness (QED) is 0.837. The molecule has 0 spiro atoms. The molecule has 0 unspecified atom stereocenters. The Bertz CT molecular complexity index is 398. The highest BCUT2D eigenvalue weighted by molar-refractivity contribution is 5.78. The van der Waals surface area contributed by atoms with Gasteiger partial charge in [-0.25, -0.2) is 0 Å². The van der Waals surface area contributed by atoms with Crippen molar-refractivity contribution in [3.63, 3.8) is 0 Å². The van der Waals surface area contributed by atoms with Gasteiger partial charge in [0, 0.05) is 19.6 Å². The Labute approximate surface area is 107 Å². The van der Waals surface area contributed by atoms with Crippen molar-refractivity contribution >= 4 is 5.97 Å². The highest BCUT2D eigenvalue weighted by Gasteiger charge is 2.37. The zero-order valence-electron chi connectivity index (χ0n) is 10.5. The maximum Gasteiger partial charge on any atom is 0.323 e. The van der Waals surface area contributed by atoms with Gasteiger partial charge in [-0.1, -0.05) is 30.3 Å². The Morgan fingerprint density at radius 1 is 1.28 bits per heavy atom. The molecule has 0 amide bonds. The van der Waals surface area contributed by atoms with Gasteiger partial charge in [-0.15, -0.1) is 0 Å². The molecule has 1 aliphatic heterocycles. The van der Waals surface area contributed by atoms with E-state index >= 15 is 0 Å². The lowest BCUT2D eigenvalue weighted by molar-refractivity contribution is -0.145. The lowest BCUT2D eigenvalue weighted by atomic mass is 9.89. The van der Waals surface area contributed by atoms with Crippen molar-refractivity contribution in [1.29, 1.82) is 0 Å². The van der Waals surface area contributed by atoms with E-state index < -0.39 is 11.5 Å². The Balaban J connectivity index is 1.79. The van der Waals surface area contributed by atoms with Crippen molar-refractivity contribution in [2.75, 3.05) is 19.6 Å². The fourth-order valence-corrected chi connectivity index (χ4v) is 2.32. The second kappa shape index (κ2) is 5.50. The van der Waals surface area contributed by atoms with Crippen LogP contribution in [0.25, 0.3) is 0 Å². The Hall–Kier alpha value is -1.39. The van der Waals surface area contributed by atoms with Crippen molar-refractivity contribution in [3.05, 3.63) is 35.9 Å². The number of carboxylic acids is 1. The number of hydrogen-bond acceptors (Lipinski definition) is 3. The fraction of sp³-hybridized carbons (Fsp3) is 0.500. The Morgan fingerprint density at radius 3 is 2.44 bits per heavy atom. The first-order valence-corrected chi connectivity index (χ1v) is 6.39. The van der Waals surface area contributed by atoms with Gasteiger partial charge >= 0.3 is 5.97 Å². The lowest BCUT2D eigenvalue weighted by Crippen LogP contribution is -2.55. The molecule has 0 atom stereocenters. The summed E-state index contributed by atoms with van der Waals surface area (Å²) in [7, 11) is 0. The van der Waals surface area contributed by atoms with Crippen LogP contribution in [0.15, 0.2) is 30.3 Å². The molecule has 0 saturated carbocycles. The minimum Gasteiger partial charge on any atom is -0.480 e. The molecular formula is C14H20N2O2. The van der Waals surface area contributed by atoms with E-state index in [2.05, 4.69) is 17.0 Å². The van der Waals surface area contributed by atoms with Crippen LogP contribution in [-0.2, 0) is 11.2 Å². The SMILES string of the molecule is NC1(C(=O)O)CCN(CCc2ccccc2)CC1. The number of aliphatic carboxylic acids is 1. The molecule has 1 aliphatic rings. The first-order valence-electron chi connectivity index (χ1n) is 6.39. The van der Waals surface area contributed by atoms with E-state index in [0.29, 0.717) is 12.8 Å². The van der Waals surface area contributed by atoms with Gasteiger partial charge < -0.3 is 15.7 Å². The minimum absolute atomic E-state index is 0.539. The number of carboxylic acid groups (broad SMARTS) is 1. The van der Waals surface area contributed by atoms with Gasteiger partial charge in [-0.3, -0.25) is 4.79 Å². The van der Waals surface area contributed by atoms with Crippen LogP contribution in [0, 0.1) is 0 Å². The molecule has 0 radical (unpaired) electrons. The lowest BCUT2D eigenvalue weighted by Gasteiger charge is -2.36. The molecule has 1 heterocycles. The molecule has 0 aliphatic carbocycles. The molecule has 4 heteroatoms. The summed E-state index contributed by atoms with van der Waals surface area (Å²) in [4.78, 5) is 13.3. The van der Waals surface area contributed by atoms with Crippen LogP contribution in [0.3, 0.4) is 0 Å². The second-order valence-corrected chi connectivity index (χ2v) is 5.04. The average molecular weight is 248 g/mol. The number of hydrogen-bond donors (Lipinski definition) is 2. The molecule has 2 rings (SSSR count). The summed E-state index contributed by atoms with van der Waals surface area (Å²) in [6.07, 6.45) is 2.08. The number of nitrogens with two attached hydrogens (primary N) is 1. The van der Waals surface area contributed by atoms with Gasteiger partial charge in [0.25, 0.3) is 0 Å². The van der Waals surface area contributed by atoms with Crippen LogP contribution >= 0.6 is 0 Å². The van der Waals surface area contributed by atoms with E-state index in [-0.39, 0.29) is 0 Å². The zero-order valence-corrected chi connectivity index (χ0v) is 10.5. The van der Waals surface area contributed by atoms with Crippen LogP contribution in [0.4, 0.5) is 0 Å². The van der Waals surface area contributed by atoms with Crippen LogP contribution in [0.2, 0.25) is 0 Å². The number of piperidine rings is 1. The molecule has 1 fully saturated rings. The summed E-state index contributed by atoms with van der Waals surface area (Å²) in [5.41, 5.74) is 6.15. The number of carbonyl (C=O) groups is 1.